The maximum atomic E-state index is 9.26. The van der Waals surface area contributed by atoms with Crippen molar-refractivity contribution < 1.29 is 9.47 Å². The number of benzene rings is 2. The maximum absolute atomic E-state index is 9.26. The Morgan fingerprint density at radius 3 is 2.19 bits per heavy atom. The van der Waals surface area contributed by atoms with Crippen LogP contribution in [0.1, 0.15) is 24.6 Å². The lowest BCUT2D eigenvalue weighted by atomic mass is 10.1. The molecule has 1 aliphatic rings. The van der Waals surface area contributed by atoms with E-state index in [1.807, 2.05) is 42.5 Å². The van der Waals surface area contributed by atoms with Crippen molar-refractivity contribution in [2.24, 2.45) is 0 Å². The second kappa shape index (κ2) is 11.0. The Morgan fingerprint density at radius 1 is 0.838 bits per heavy atom. The summed E-state index contributed by atoms with van der Waals surface area (Å²) in [7, 11) is 3.30. The van der Waals surface area contributed by atoms with Gasteiger partial charge in [0.15, 0.2) is 11.5 Å². The van der Waals surface area contributed by atoms with Crippen LogP contribution in [0.3, 0.4) is 0 Å². The van der Waals surface area contributed by atoms with Crippen LogP contribution in [0.5, 0.6) is 11.5 Å². The molecule has 0 unspecified atom stereocenters. The van der Waals surface area contributed by atoms with Gasteiger partial charge in [-0.15, -0.1) is 0 Å². The fourth-order valence-electron chi connectivity index (χ4n) is 5.06. The number of ether oxygens (including phenoxy) is 2. The summed E-state index contributed by atoms with van der Waals surface area (Å²) in [4.78, 5) is 10.1. The molecule has 0 N–H and O–H groups in total. The van der Waals surface area contributed by atoms with E-state index < -0.39 is 0 Å². The van der Waals surface area contributed by atoms with E-state index >= 15 is 0 Å². The van der Waals surface area contributed by atoms with Crippen LogP contribution in [-0.2, 0) is 6.54 Å². The average molecular weight is 496 g/mol. The molecular weight excluding hydrogens is 462 g/mol. The third-order valence-corrected chi connectivity index (χ3v) is 7.10. The zero-order valence-corrected chi connectivity index (χ0v) is 21.8. The number of aromatic nitrogens is 2. The molecular formula is C30H33N5O2. The highest BCUT2D eigenvalue weighted by molar-refractivity contribution is 5.72. The normalized spacial score (nSPS) is 14.5. The molecule has 0 radical (unpaired) electrons. The van der Waals surface area contributed by atoms with Crippen LogP contribution in [0.25, 0.3) is 28.0 Å². The van der Waals surface area contributed by atoms with Crippen molar-refractivity contribution in [3.05, 3.63) is 72.1 Å². The highest BCUT2D eigenvalue weighted by atomic mass is 16.5. The lowest BCUT2D eigenvalue weighted by Gasteiger charge is -2.34. The molecule has 3 heterocycles. The van der Waals surface area contributed by atoms with E-state index in [4.69, 9.17) is 14.5 Å². The standard InChI is InChI=1S/C30H33N5O2/c1-4-13-33-14-16-34(17-15-33)21-26-30(23-7-5-22(19-31)6-8-23)32-29-12-10-25(20-35(26)29)24-9-11-27(36-2)28(18-24)37-3/h5-12,18,20H,4,13-17,21H2,1-3H3. The first-order valence-electron chi connectivity index (χ1n) is 12.8. The van der Waals surface area contributed by atoms with Crippen LogP contribution in [0, 0.1) is 11.3 Å². The summed E-state index contributed by atoms with van der Waals surface area (Å²) in [5, 5.41) is 9.26. The second-order valence-electron chi connectivity index (χ2n) is 9.43. The Morgan fingerprint density at radius 2 is 1.51 bits per heavy atom. The first-order chi connectivity index (χ1) is 18.1. The number of nitriles is 1. The van der Waals surface area contributed by atoms with Crippen molar-refractivity contribution >= 4 is 5.65 Å². The van der Waals surface area contributed by atoms with Crippen molar-refractivity contribution in [3.8, 4) is 40.0 Å². The van der Waals surface area contributed by atoms with Gasteiger partial charge in [-0.3, -0.25) is 4.90 Å². The van der Waals surface area contributed by atoms with Crippen LogP contribution in [0.15, 0.2) is 60.8 Å². The Labute approximate surface area is 218 Å². The molecule has 0 bridgehead atoms. The van der Waals surface area contributed by atoms with E-state index in [-0.39, 0.29) is 0 Å². The van der Waals surface area contributed by atoms with Gasteiger partial charge >= 0.3 is 0 Å². The molecule has 0 saturated carbocycles. The SMILES string of the molecule is CCCN1CCN(Cc2c(-c3ccc(C#N)cc3)nc3ccc(-c4ccc(OC)c(OC)c4)cn23)CC1. The fraction of sp³-hybridized carbons (Fsp3) is 0.333. The van der Waals surface area contributed by atoms with Gasteiger partial charge in [-0.05, 0) is 60.5 Å². The van der Waals surface area contributed by atoms with Crippen molar-refractivity contribution in [3.63, 3.8) is 0 Å². The van der Waals surface area contributed by atoms with Crippen molar-refractivity contribution in [2.45, 2.75) is 19.9 Å². The second-order valence-corrected chi connectivity index (χ2v) is 9.43. The number of rotatable bonds is 8. The lowest BCUT2D eigenvalue weighted by molar-refractivity contribution is 0.126. The number of pyridine rings is 1. The van der Waals surface area contributed by atoms with E-state index in [2.05, 4.69) is 45.5 Å². The predicted molar refractivity (Wildman–Crippen MR) is 146 cm³/mol. The van der Waals surface area contributed by atoms with Gasteiger partial charge in [0, 0.05) is 44.5 Å². The van der Waals surface area contributed by atoms with E-state index in [0.717, 1.165) is 73.0 Å². The van der Waals surface area contributed by atoms with Gasteiger partial charge in [0.1, 0.15) is 5.65 Å². The van der Waals surface area contributed by atoms with Gasteiger partial charge in [0.05, 0.1) is 37.2 Å². The van der Waals surface area contributed by atoms with E-state index in [1.165, 1.54) is 6.42 Å². The van der Waals surface area contributed by atoms with Crippen LogP contribution >= 0.6 is 0 Å². The Kier molecular flexibility index (Phi) is 7.40. The molecule has 0 amide bonds. The maximum Gasteiger partial charge on any atom is 0.161 e. The molecule has 1 fully saturated rings. The summed E-state index contributed by atoms with van der Waals surface area (Å²) >= 11 is 0. The number of imidazole rings is 1. The van der Waals surface area contributed by atoms with Gasteiger partial charge in [-0.1, -0.05) is 25.1 Å². The summed E-state index contributed by atoms with van der Waals surface area (Å²) in [5.74, 6) is 1.41. The third kappa shape index (κ3) is 5.17. The Balaban J connectivity index is 1.55. The molecule has 2 aromatic carbocycles. The summed E-state index contributed by atoms with van der Waals surface area (Å²) < 4.78 is 13.2. The number of fused-ring (bicyclic) bond motifs is 1. The van der Waals surface area contributed by atoms with Gasteiger partial charge in [0.25, 0.3) is 0 Å². The summed E-state index contributed by atoms with van der Waals surface area (Å²) in [5.41, 5.74) is 6.82. The molecule has 1 saturated heterocycles. The van der Waals surface area contributed by atoms with Gasteiger partial charge in [0.2, 0.25) is 0 Å². The van der Waals surface area contributed by atoms with Crippen LogP contribution in [0.2, 0.25) is 0 Å². The van der Waals surface area contributed by atoms with E-state index in [1.54, 1.807) is 14.2 Å². The van der Waals surface area contributed by atoms with Crippen LogP contribution in [-0.4, -0.2) is 66.1 Å². The Bertz CT molecular complexity index is 1410. The van der Waals surface area contributed by atoms with Crippen LogP contribution < -0.4 is 9.47 Å². The fourth-order valence-corrected chi connectivity index (χ4v) is 5.06. The third-order valence-electron chi connectivity index (χ3n) is 7.10. The van der Waals surface area contributed by atoms with Gasteiger partial charge in [-0.25, -0.2) is 4.98 Å². The number of hydrogen-bond donors (Lipinski definition) is 0. The first-order valence-corrected chi connectivity index (χ1v) is 12.8. The van der Waals surface area contributed by atoms with E-state index in [9.17, 15) is 5.26 Å². The van der Waals surface area contributed by atoms with Crippen molar-refractivity contribution in [1.29, 1.82) is 5.26 Å². The van der Waals surface area contributed by atoms with Crippen molar-refractivity contribution in [1.82, 2.24) is 19.2 Å². The highest BCUT2D eigenvalue weighted by Crippen LogP contribution is 2.34. The molecule has 0 aliphatic carbocycles. The number of piperazine rings is 1. The number of methoxy groups -OCH3 is 2. The summed E-state index contributed by atoms with van der Waals surface area (Å²) in [6.45, 7) is 8.47. The molecule has 5 rings (SSSR count). The summed E-state index contributed by atoms with van der Waals surface area (Å²) in [6, 6.07) is 20.1. The molecule has 4 aromatic rings. The molecule has 1 aliphatic heterocycles. The lowest BCUT2D eigenvalue weighted by Crippen LogP contribution is -2.46. The molecule has 0 spiro atoms. The minimum absolute atomic E-state index is 0.650. The summed E-state index contributed by atoms with van der Waals surface area (Å²) in [6.07, 6.45) is 3.36. The quantitative estimate of drug-likeness (QED) is 0.339. The average Bonchev–Trinajstić information content (AvgIpc) is 3.31. The highest BCUT2D eigenvalue weighted by Gasteiger charge is 2.21. The largest absolute Gasteiger partial charge is 0.493 e. The molecule has 37 heavy (non-hydrogen) atoms. The first kappa shape index (κ1) is 24.8. The Hall–Kier alpha value is -3.86. The minimum atomic E-state index is 0.650. The van der Waals surface area contributed by atoms with Gasteiger partial charge < -0.3 is 18.8 Å². The zero-order valence-electron chi connectivity index (χ0n) is 21.8. The zero-order chi connectivity index (χ0) is 25.8. The van der Waals surface area contributed by atoms with E-state index in [0.29, 0.717) is 17.1 Å². The molecule has 7 heteroatoms. The number of nitrogens with zero attached hydrogens (tertiary/aromatic N) is 5. The number of hydrogen-bond acceptors (Lipinski definition) is 6. The molecule has 7 nitrogen and oxygen atoms in total. The van der Waals surface area contributed by atoms with Gasteiger partial charge in [-0.2, -0.15) is 5.26 Å². The monoisotopic (exact) mass is 495 g/mol. The molecule has 190 valence electrons. The topological polar surface area (TPSA) is 66.0 Å². The predicted octanol–water partition coefficient (Wildman–Crippen LogP) is 5.08. The van der Waals surface area contributed by atoms with Crippen molar-refractivity contribution in [2.75, 3.05) is 46.9 Å². The molecule has 2 aromatic heterocycles. The van der Waals surface area contributed by atoms with Crippen LogP contribution in [0.4, 0.5) is 0 Å². The minimum Gasteiger partial charge on any atom is -0.493 e. The molecule has 0 atom stereocenters. The smallest absolute Gasteiger partial charge is 0.161 e.